The lowest BCUT2D eigenvalue weighted by molar-refractivity contribution is -0.122. The van der Waals surface area contributed by atoms with Gasteiger partial charge in [0.25, 0.3) is 5.91 Å². The zero-order chi connectivity index (χ0) is 16.2. The van der Waals surface area contributed by atoms with E-state index in [1.165, 1.54) is 22.7 Å². The molecular weight excluding hydrogens is 322 g/mol. The molecular formula is C16H10F2N2O2S. The first kappa shape index (κ1) is 14.2. The third-order valence-electron chi connectivity index (χ3n) is 3.98. The fraction of sp³-hybridized carbons (Fsp3) is 0.125. The number of nitrogens with one attached hydrogen (secondary N) is 1. The molecule has 0 unspecified atom stereocenters. The maximum absolute atomic E-state index is 13.6. The Hall–Kier alpha value is -2.41. The van der Waals surface area contributed by atoms with Crippen LogP contribution in [-0.2, 0) is 14.5 Å². The SMILES string of the molecule is O=C1CS[C@@]2(C(=O)Nc3ccccc32)N1c1ccc(F)c(F)c1. The Bertz CT molecular complexity index is 858. The molecule has 0 saturated carbocycles. The molecule has 4 rings (SSSR count). The fourth-order valence-corrected chi connectivity index (χ4v) is 4.32. The molecule has 0 aromatic heterocycles. The Morgan fingerprint density at radius 3 is 2.65 bits per heavy atom. The van der Waals surface area contributed by atoms with Crippen LogP contribution in [0.25, 0.3) is 0 Å². The van der Waals surface area contributed by atoms with E-state index in [9.17, 15) is 18.4 Å². The van der Waals surface area contributed by atoms with E-state index in [0.29, 0.717) is 11.3 Å². The van der Waals surface area contributed by atoms with Crippen LogP contribution in [0.4, 0.5) is 20.2 Å². The lowest BCUT2D eigenvalue weighted by Crippen LogP contribution is -2.47. The number of benzene rings is 2. The van der Waals surface area contributed by atoms with Crippen molar-refractivity contribution in [2.24, 2.45) is 0 Å². The number of thioether (sulfide) groups is 1. The smallest absolute Gasteiger partial charge is 0.266 e. The third kappa shape index (κ3) is 1.83. The van der Waals surface area contributed by atoms with Gasteiger partial charge in [-0.2, -0.15) is 0 Å². The van der Waals surface area contributed by atoms with E-state index in [4.69, 9.17) is 0 Å². The van der Waals surface area contributed by atoms with Crippen LogP contribution in [0.2, 0.25) is 0 Å². The summed E-state index contributed by atoms with van der Waals surface area (Å²) in [7, 11) is 0. The van der Waals surface area contributed by atoms with Gasteiger partial charge in [-0.25, -0.2) is 8.78 Å². The monoisotopic (exact) mass is 332 g/mol. The van der Waals surface area contributed by atoms with E-state index < -0.39 is 16.5 Å². The molecule has 2 aliphatic heterocycles. The molecule has 0 radical (unpaired) electrons. The average Bonchev–Trinajstić information content (AvgIpc) is 3.02. The topological polar surface area (TPSA) is 49.4 Å². The summed E-state index contributed by atoms with van der Waals surface area (Å²) in [6.07, 6.45) is 0. The molecule has 2 heterocycles. The quantitative estimate of drug-likeness (QED) is 0.874. The predicted octanol–water partition coefficient (Wildman–Crippen LogP) is 2.85. The van der Waals surface area contributed by atoms with Crippen molar-refractivity contribution in [1.82, 2.24) is 0 Å². The van der Waals surface area contributed by atoms with Crippen molar-refractivity contribution in [3.05, 3.63) is 59.7 Å². The molecule has 2 aromatic carbocycles. The summed E-state index contributed by atoms with van der Waals surface area (Å²) in [6, 6.07) is 10.2. The van der Waals surface area contributed by atoms with E-state index in [1.807, 2.05) is 0 Å². The zero-order valence-corrected chi connectivity index (χ0v) is 12.5. The van der Waals surface area contributed by atoms with Gasteiger partial charge in [-0.1, -0.05) is 18.2 Å². The normalized spacial score (nSPS) is 22.6. The standard InChI is InChI=1S/C16H10F2N2O2S/c17-11-6-5-9(7-12(11)18)20-14(21)8-23-16(20)10-3-1-2-4-13(10)19-15(16)22/h1-7H,8H2,(H,19,22)/t16-/m0/s1. The van der Waals surface area contributed by atoms with Crippen molar-refractivity contribution < 1.29 is 18.4 Å². The van der Waals surface area contributed by atoms with Crippen LogP contribution >= 0.6 is 11.8 Å². The minimum Gasteiger partial charge on any atom is -0.323 e. The molecule has 116 valence electrons. The summed E-state index contributed by atoms with van der Waals surface area (Å²) in [5.74, 6) is -2.67. The first-order chi connectivity index (χ1) is 11.0. The maximum atomic E-state index is 13.6. The van der Waals surface area contributed by atoms with Gasteiger partial charge >= 0.3 is 0 Å². The highest BCUT2D eigenvalue weighted by atomic mass is 32.2. The van der Waals surface area contributed by atoms with Crippen molar-refractivity contribution >= 4 is 35.0 Å². The number of hydrogen-bond acceptors (Lipinski definition) is 3. The molecule has 0 aliphatic carbocycles. The number of fused-ring (bicyclic) bond motifs is 2. The van der Waals surface area contributed by atoms with Crippen molar-refractivity contribution in [2.45, 2.75) is 4.87 Å². The van der Waals surface area contributed by atoms with Gasteiger partial charge in [-0.3, -0.25) is 14.5 Å². The van der Waals surface area contributed by atoms with Gasteiger partial charge in [0.05, 0.1) is 5.75 Å². The molecule has 1 fully saturated rings. The Labute approximate surface area is 134 Å². The number of para-hydroxylation sites is 1. The van der Waals surface area contributed by atoms with Gasteiger partial charge in [0.2, 0.25) is 10.8 Å². The van der Waals surface area contributed by atoms with E-state index in [-0.39, 0.29) is 23.3 Å². The molecule has 1 spiro atoms. The van der Waals surface area contributed by atoms with Crippen molar-refractivity contribution in [2.75, 3.05) is 16.0 Å². The van der Waals surface area contributed by atoms with E-state index in [0.717, 1.165) is 12.1 Å². The van der Waals surface area contributed by atoms with E-state index in [1.54, 1.807) is 24.3 Å². The number of nitrogens with zero attached hydrogens (tertiary/aromatic N) is 1. The molecule has 1 saturated heterocycles. The Morgan fingerprint density at radius 2 is 1.87 bits per heavy atom. The third-order valence-corrected chi connectivity index (χ3v) is 5.38. The lowest BCUT2D eigenvalue weighted by Gasteiger charge is -2.32. The second-order valence-corrected chi connectivity index (χ2v) is 6.43. The van der Waals surface area contributed by atoms with Gasteiger partial charge in [-0.15, -0.1) is 11.8 Å². The molecule has 2 amide bonds. The fourth-order valence-electron chi connectivity index (χ4n) is 3.00. The van der Waals surface area contributed by atoms with Gasteiger partial charge < -0.3 is 5.32 Å². The summed E-state index contributed by atoms with van der Waals surface area (Å²) in [4.78, 5) is 25.0. The summed E-state index contributed by atoms with van der Waals surface area (Å²) in [5.41, 5.74) is 1.42. The van der Waals surface area contributed by atoms with Gasteiger partial charge in [0.1, 0.15) is 0 Å². The molecule has 0 bridgehead atoms. The number of hydrogen-bond donors (Lipinski definition) is 1. The Morgan fingerprint density at radius 1 is 1.09 bits per heavy atom. The number of anilines is 2. The highest BCUT2D eigenvalue weighted by Crippen LogP contribution is 2.53. The number of amides is 2. The molecule has 2 aliphatic rings. The van der Waals surface area contributed by atoms with Crippen molar-refractivity contribution in [3.8, 4) is 0 Å². The van der Waals surface area contributed by atoms with E-state index in [2.05, 4.69) is 5.32 Å². The maximum Gasteiger partial charge on any atom is 0.266 e. The molecule has 2 aromatic rings. The molecule has 1 N–H and O–H groups in total. The molecule has 1 atom stereocenters. The van der Waals surface area contributed by atoms with Crippen LogP contribution in [-0.4, -0.2) is 17.6 Å². The highest BCUT2D eigenvalue weighted by molar-refractivity contribution is 8.02. The zero-order valence-electron chi connectivity index (χ0n) is 11.7. The first-order valence-corrected chi connectivity index (χ1v) is 7.85. The van der Waals surface area contributed by atoms with Gasteiger partial charge in [0.15, 0.2) is 11.6 Å². The van der Waals surface area contributed by atoms with Gasteiger partial charge in [-0.05, 0) is 18.2 Å². The minimum absolute atomic E-state index is 0.0841. The summed E-state index contributed by atoms with van der Waals surface area (Å²) in [6.45, 7) is 0. The van der Waals surface area contributed by atoms with Crippen LogP contribution < -0.4 is 10.2 Å². The van der Waals surface area contributed by atoms with Crippen molar-refractivity contribution in [3.63, 3.8) is 0 Å². The number of carbonyl (C=O) groups is 2. The number of rotatable bonds is 1. The summed E-state index contributed by atoms with van der Waals surface area (Å²) >= 11 is 1.17. The van der Waals surface area contributed by atoms with Crippen molar-refractivity contribution in [1.29, 1.82) is 0 Å². The number of carbonyl (C=O) groups excluding carboxylic acids is 2. The van der Waals surface area contributed by atoms with Crippen LogP contribution in [0.5, 0.6) is 0 Å². The second-order valence-electron chi connectivity index (χ2n) is 5.26. The average molecular weight is 332 g/mol. The van der Waals surface area contributed by atoms with Crippen LogP contribution in [0, 0.1) is 11.6 Å². The Kier molecular flexibility index (Phi) is 2.96. The molecule has 7 heteroatoms. The van der Waals surface area contributed by atoms with Crippen LogP contribution in [0.1, 0.15) is 5.56 Å². The van der Waals surface area contributed by atoms with E-state index >= 15 is 0 Å². The van der Waals surface area contributed by atoms with Crippen LogP contribution in [0.15, 0.2) is 42.5 Å². The second kappa shape index (κ2) is 4.79. The number of halogens is 2. The molecule has 23 heavy (non-hydrogen) atoms. The largest absolute Gasteiger partial charge is 0.323 e. The Balaban J connectivity index is 1.93. The van der Waals surface area contributed by atoms with Gasteiger partial charge in [0, 0.05) is 23.0 Å². The summed E-state index contributed by atoms with van der Waals surface area (Å²) < 4.78 is 26.8. The first-order valence-electron chi connectivity index (χ1n) is 6.87. The minimum atomic E-state index is -1.28. The highest BCUT2D eigenvalue weighted by Gasteiger charge is 2.58. The predicted molar refractivity (Wildman–Crippen MR) is 83.1 cm³/mol. The lowest BCUT2D eigenvalue weighted by atomic mass is 10.0. The van der Waals surface area contributed by atoms with Crippen LogP contribution in [0.3, 0.4) is 0 Å². The molecule has 4 nitrogen and oxygen atoms in total. The summed E-state index contributed by atoms with van der Waals surface area (Å²) in [5, 5.41) is 2.75.